The van der Waals surface area contributed by atoms with Crippen LogP contribution in [0.4, 0.5) is 0 Å². The summed E-state index contributed by atoms with van der Waals surface area (Å²) in [5.41, 5.74) is 0.732. The monoisotopic (exact) mass is 644 g/mol. The van der Waals surface area contributed by atoms with E-state index >= 15 is 0 Å². The van der Waals surface area contributed by atoms with Gasteiger partial charge in [-0.2, -0.15) is 0 Å². The molecule has 5 rings (SSSR count). The van der Waals surface area contributed by atoms with Gasteiger partial charge in [0.1, 0.15) is 0 Å². The van der Waals surface area contributed by atoms with Gasteiger partial charge in [-0.1, -0.05) is 0 Å². The summed E-state index contributed by atoms with van der Waals surface area (Å²) >= 11 is -1.93. The summed E-state index contributed by atoms with van der Waals surface area (Å²) < 4.78 is 28.1. The molecule has 0 aliphatic carbocycles. The Morgan fingerprint density at radius 3 is 1.47 bits per heavy atom. The van der Waals surface area contributed by atoms with Gasteiger partial charge in [-0.25, -0.2) is 0 Å². The van der Waals surface area contributed by atoms with E-state index in [1.54, 1.807) is 46.2 Å². The molecule has 0 radical (unpaired) electrons. The van der Waals surface area contributed by atoms with Crippen LogP contribution in [-0.2, 0) is 0 Å². The molecule has 0 fully saturated rings. The maximum atomic E-state index is 13.4. The molecule has 0 bridgehead atoms. The second kappa shape index (κ2) is 9.86. The zero-order chi connectivity index (χ0) is 27.1. The Labute approximate surface area is 232 Å². The summed E-state index contributed by atoms with van der Waals surface area (Å²) in [6.07, 6.45) is 0. The Balaban J connectivity index is 1.67. The summed E-state index contributed by atoms with van der Waals surface area (Å²) in [5.74, 6) is 0.938. The summed E-state index contributed by atoms with van der Waals surface area (Å²) in [5, 5.41) is 0. The number of benzene rings is 3. The molecule has 0 saturated heterocycles. The van der Waals surface area contributed by atoms with Gasteiger partial charge < -0.3 is 0 Å². The number of amides is 2. The third kappa shape index (κ3) is 4.03. The van der Waals surface area contributed by atoms with E-state index in [2.05, 4.69) is 15.9 Å². The van der Waals surface area contributed by atoms with Crippen LogP contribution in [0.2, 0.25) is 0 Å². The fraction of sp³-hybridized carbons (Fsp3) is 0.286. The minimum absolute atomic E-state index is 0.174. The standard InChI is InChI=1S/C28H30AsBrN2O6/c1-5-31(6-2)27(33)21-11-9-13-23-25(21)37-29(35-23,19-15-17-20(30)18-16-19)36-24-14-10-12-22(26(24)38-29)28(34)32(7-3)8-4/h9-18H,5-8H2,1-4H3. The van der Waals surface area contributed by atoms with Crippen molar-refractivity contribution in [2.45, 2.75) is 27.7 Å². The van der Waals surface area contributed by atoms with Gasteiger partial charge in [0.05, 0.1) is 0 Å². The van der Waals surface area contributed by atoms with Crippen LogP contribution < -0.4 is 19.3 Å². The van der Waals surface area contributed by atoms with Crippen molar-refractivity contribution >= 4 is 45.9 Å². The molecule has 2 aliphatic heterocycles. The van der Waals surface area contributed by atoms with Crippen molar-refractivity contribution in [3.8, 4) is 23.0 Å². The summed E-state index contributed by atoms with van der Waals surface area (Å²) in [6, 6.07) is 17.8. The van der Waals surface area contributed by atoms with Gasteiger partial charge in [0.25, 0.3) is 0 Å². The normalized spacial score (nSPS) is 16.5. The van der Waals surface area contributed by atoms with Crippen LogP contribution in [0.15, 0.2) is 65.1 Å². The van der Waals surface area contributed by atoms with Gasteiger partial charge in [-0.05, 0) is 0 Å². The van der Waals surface area contributed by atoms with Crippen molar-refractivity contribution in [1.82, 2.24) is 9.80 Å². The van der Waals surface area contributed by atoms with Crippen molar-refractivity contribution < 1.29 is 24.5 Å². The van der Waals surface area contributed by atoms with Crippen molar-refractivity contribution in [2.75, 3.05) is 26.2 Å². The Bertz CT molecular complexity index is 1320. The van der Waals surface area contributed by atoms with E-state index in [0.717, 1.165) is 4.47 Å². The molecule has 0 N–H and O–H groups in total. The fourth-order valence-electron chi connectivity index (χ4n) is 4.72. The van der Waals surface area contributed by atoms with Gasteiger partial charge in [0, 0.05) is 0 Å². The van der Waals surface area contributed by atoms with E-state index < -0.39 is 13.8 Å². The molecule has 200 valence electrons. The number of nitrogens with zero attached hydrogens (tertiary/aromatic N) is 2. The molecule has 2 amide bonds. The average Bonchev–Trinajstić information content (AvgIpc) is 3.45. The van der Waals surface area contributed by atoms with Crippen LogP contribution in [0, 0.1) is 0 Å². The first-order valence-electron chi connectivity index (χ1n) is 12.7. The number of rotatable bonds is 7. The van der Waals surface area contributed by atoms with E-state index in [1.165, 1.54) is 0 Å². The van der Waals surface area contributed by atoms with E-state index in [-0.39, 0.29) is 23.3 Å². The molecule has 0 atom stereocenters. The Kier molecular flexibility index (Phi) is 6.86. The van der Waals surface area contributed by atoms with E-state index in [1.807, 2.05) is 52.0 Å². The van der Waals surface area contributed by atoms with Crippen molar-refractivity contribution in [2.24, 2.45) is 0 Å². The molecular formula is C28H30AsBrN2O6. The Hall–Kier alpha value is -3.16. The summed E-state index contributed by atoms with van der Waals surface area (Å²) in [6.45, 7) is 9.92. The number of para-hydroxylation sites is 2. The maximum absolute atomic E-state index is 13.4. The van der Waals surface area contributed by atoms with Gasteiger partial charge in [-0.15, -0.1) is 0 Å². The van der Waals surface area contributed by atoms with E-state index in [9.17, 15) is 9.59 Å². The van der Waals surface area contributed by atoms with Crippen LogP contribution in [0.1, 0.15) is 48.4 Å². The number of hydrogen-bond donors (Lipinski definition) is 0. The Morgan fingerprint density at radius 2 is 1.08 bits per heavy atom. The molecule has 2 heterocycles. The molecular weight excluding hydrogens is 615 g/mol. The third-order valence-electron chi connectivity index (χ3n) is 6.78. The van der Waals surface area contributed by atoms with E-state index in [0.29, 0.717) is 53.2 Å². The molecule has 1 spiro atoms. The predicted molar refractivity (Wildman–Crippen MR) is 149 cm³/mol. The molecule has 38 heavy (non-hydrogen) atoms. The Morgan fingerprint density at radius 1 is 0.658 bits per heavy atom. The van der Waals surface area contributed by atoms with Crippen molar-refractivity contribution in [3.05, 3.63) is 76.3 Å². The first-order valence-corrected chi connectivity index (χ1v) is 17.5. The summed E-state index contributed by atoms with van der Waals surface area (Å²) in [4.78, 5) is 30.3. The molecule has 10 heteroatoms. The van der Waals surface area contributed by atoms with Gasteiger partial charge >= 0.3 is 233 Å². The van der Waals surface area contributed by atoms with Crippen molar-refractivity contribution in [1.29, 1.82) is 0 Å². The van der Waals surface area contributed by atoms with Crippen LogP contribution in [0.25, 0.3) is 0 Å². The quantitative estimate of drug-likeness (QED) is 0.339. The number of halogens is 1. The number of hydrogen-bond acceptors (Lipinski definition) is 6. The fourth-order valence-corrected chi connectivity index (χ4v) is 11.8. The van der Waals surface area contributed by atoms with Gasteiger partial charge in [0.15, 0.2) is 0 Å². The molecule has 0 aromatic heterocycles. The SMILES string of the molecule is CCN(CC)C(=O)c1cccc2c1O[As]1(c3ccc(Br)cc3)(O2)Oc2cccc(C(=O)N(CC)CC)c2O1. The first kappa shape index (κ1) is 26.4. The number of carbonyl (C=O) groups is 2. The first-order chi connectivity index (χ1) is 18.3. The zero-order valence-corrected chi connectivity index (χ0v) is 25.2. The van der Waals surface area contributed by atoms with Crippen LogP contribution >= 0.6 is 15.9 Å². The van der Waals surface area contributed by atoms with Crippen LogP contribution in [0.5, 0.6) is 23.0 Å². The second-order valence-electron chi connectivity index (χ2n) is 8.87. The molecule has 3 aromatic carbocycles. The number of fused-ring (bicyclic) bond motifs is 2. The third-order valence-corrected chi connectivity index (χ3v) is 13.9. The van der Waals surface area contributed by atoms with Gasteiger partial charge in [0.2, 0.25) is 0 Å². The minimum atomic E-state index is -5.42. The number of carbonyl (C=O) groups excluding carboxylic acids is 2. The van der Waals surface area contributed by atoms with E-state index in [4.69, 9.17) is 14.9 Å². The van der Waals surface area contributed by atoms with Gasteiger partial charge in [-0.3, -0.25) is 0 Å². The van der Waals surface area contributed by atoms with Crippen LogP contribution in [0.3, 0.4) is 0 Å². The molecule has 3 aromatic rings. The second-order valence-corrected chi connectivity index (χ2v) is 15.8. The molecule has 2 aliphatic rings. The van der Waals surface area contributed by atoms with Crippen molar-refractivity contribution in [3.63, 3.8) is 0 Å². The molecule has 8 nitrogen and oxygen atoms in total. The predicted octanol–water partition coefficient (Wildman–Crippen LogP) is 4.95. The summed E-state index contributed by atoms with van der Waals surface area (Å²) in [7, 11) is 0. The van der Waals surface area contributed by atoms with Crippen LogP contribution in [-0.4, -0.2) is 61.6 Å². The average molecular weight is 645 g/mol. The molecule has 0 unspecified atom stereocenters. The topological polar surface area (TPSA) is 77.5 Å². The zero-order valence-electron chi connectivity index (χ0n) is 21.8. The molecule has 0 saturated carbocycles.